The van der Waals surface area contributed by atoms with Crippen molar-refractivity contribution in [2.24, 2.45) is 0 Å². The SMILES string of the molecule is CCc1nc2ccccc2n1-c1cccnc1-c1ccc(B2OC(C)(C)C(C)(C)O2)c2ccccc12. The van der Waals surface area contributed by atoms with Crippen molar-refractivity contribution in [2.45, 2.75) is 52.2 Å². The first-order valence-electron chi connectivity index (χ1n) is 12.6. The third-order valence-corrected chi connectivity index (χ3v) is 7.69. The maximum absolute atomic E-state index is 6.41. The maximum atomic E-state index is 6.41. The summed E-state index contributed by atoms with van der Waals surface area (Å²) in [6, 6.07) is 25.1. The van der Waals surface area contributed by atoms with Crippen LogP contribution in [0.4, 0.5) is 0 Å². The molecule has 3 heterocycles. The second-order valence-electron chi connectivity index (χ2n) is 10.4. The molecule has 0 amide bonds. The molecule has 1 aliphatic heterocycles. The van der Waals surface area contributed by atoms with Crippen LogP contribution in [0, 0.1) is 0 Å². The summed E-state index contributed by atoms with van der Waals surface area (Å²) < 4.78 is 15.1. The summed E-state index contributed by atoms with van der Waals surface area (Å²) in [4.78, 5) is 9.80. The molecule has 36 heavy (non-hydrogen) atoms. The number of para-hydroxylation sites is 2. The Balaban J connectivity index is 1.55. The molecule has 0 bridgehead atoms. The van der Waals surface area contributed by atoms with Gasteiger partial charge in [-0.25, -0.2) is 4.98 Å². The van der Waals surface area contributed by atoms with Gasteiger partial charge in [-0.3, -0.25) is 9.55 Å². The Labute approximate surface area is 212 Å². The number of pyridine rings is 1. The summed E-state index contributed by atoms with van der Waals surface area (Å²) in [5.41, 5.74) is 5.33. The quantitative estimate of drug-likeness (QED) is 0.295. The van der Waals surface area contributed by atoms with Crippen LogP contribution in [-0.4, -0.2) is 32.9 Å². The molecule has 0 saturated carbocycles. The van der Waals surface area contributed by atoms with Crippen molar-refractivity contribution in [1.29, 1.82) is 0 Å². The molecule has 1 fully saturated rings. The molecular weight excluding hydrogens is 445 g/mol. The topological polar surface area (TPSA) is 49.2 Å². The van der Waals surface area contributed by atoms with Gasteiger partial charge < -0.3 is 9.31 Å². The van der Waals surface area contributed by atoms with Gasteiger partial charge in [0.2, 0.25) is 0 Å². The molecule has 5 aromatic rings. The van der Waals surface area contributed by atoms with Crippen LogP contribution < -0.4 is 5.46 Å². The number of nitrogens with zero attached hydrogens (tertiary/aromatic N) is 3. The molecule has 6 rings (SSSR count). The van der Waals surface area contributed by atoms with Gasteiger partial charge in [0.05, 0.1) is 33.6 Å². The molecule has 0 spiro atoms. The fraction of sp³-hybridized carbons (Fsp3) is 0.267. The van der Waals surface area contributed by atoms with Crippen molar-refractivity contribution in [1.82, 2.24) is 14.5 Å². The zero-order valence-electron chi connectivity index (χ0n) is 21.4. The van der Waals surface area contributed by atoms with Crippen LogP contribution >= 0.6 is 0 Å². The summed E-state index contributed by atoms with van der Waals surface area (Å²) in [6.45, 7) is 10.5. The number of rotatable bonds is 4. The van der Waals surface area contributed by atoms with E-state index in [-0.39, 0.29) is 0 Å². The van der Waals surface area contributed by atoms with Crippen LogP contribution in [-0.2, 0) is 15.7 Å². The molecule has 0 aliphatic carbocycles. The molecule has 3 aromatic carbocycles. The van der Waals surface area contributed by atoms with Crippen LogP contribution in [0.15, 0.2) is 79.0 Å². The van der Waals surface area contributed by atoms with E-state index in [0.29, 0.717) is 0 Å². The van der Waals surface area contributed by atoms with Crippen LogP contribution in [0.3, 0.4) is 0 Å². The number of imidazole rings is 1. The molecule has 6 heteroatoms. The fourth-order valence-corrected chi connectivity index (χ4v) is 5.07. The average Bonchev–Trinajstić information content (AvgIpc) is 3.36. The first-order chi connectivity index (χ1) is 17.3. The minimum absolute atomic E-state index is 0.398. The highest BCUT2D eigenvalue weighted by atomic mass is 16.7. The first-order valence-corrected chi connectivity index (χ1v) is 12.6. The summed E-state index contributed by atoms with van der Waals surface area (Å²) >= 11 is 0. The van der Waals surface area contributed by atoms with Gasteiger partial charge in [-0.2, -0.15) is 0 Å². The number of aromatic nitrogens is 3. The van der Waals surface area contributed by atoms with E-state index in [0.717, 1.165) is 56.5 Å². The highest BCUT2D eigenvalue weighted by molar-refractivity contribution is 6.65. The number of fused-ring (bicyclic) bond motifs is 2. The zero-order valence-corrected chi connectivity index (χ0v) is 21.4. The molecule has 2 aromatic heterocycles. The van der Waals surface area contributed by atoms with Gasteiger partial charge in [0.1, 0.15) is 5.82 Å². The van der Waals surface area contributed by atoms with Gasteiger partial charge in [0.25, 0.3) is 0 Å². The summed E-state index contributed by atoms with van der Waals surface area (Å²) in [5.74, 6) is 1.02. The van der Waals surface area contributed by atoms with Gasteiger partial charge in [0.15, 0.2) is 0 Å². The molecule has 5 nitrogen and oxygen atoms in total. The van der Waals surface area contributed by atoms with Crippen molar-refractivity contribution in [3.8, 4) is 16.9 Å². The lowest BCUT2D eigenvalue weighted by Crippen LogP contribution is -2.41. The predicted octanol–water partition coefficient (Wildman–Crippen LogP) is 6.10. The molecule has 1 saturated heterocycles. The minimum Gasteiger partial charge on any atom is -0.399 e. The number of aryl methyl sites for hydroxylation is 1. The summed E-state index contributed by atoms with van der Waals surface area (Å²) in [7, 11) is -0.429. The van der Waals surface area contributed by atoms with E-state index in [1.54, 1.807) is 0 Å². The van der Waals surface area contributed by atoms with E-state index < -0.39 is 18.3 Å². The Kier molecular flexibility index (Phi) is 5.29. The van der Waals surface area contributed by atoms with Crippen LogP contribution in [0.1, 0.15) is 40.4 Å². The molecule has 0 N–H and O–H groups in total. The molecule has 180 valence electrons. The van der Waals surface area contributed by atoms with Crippen LogP contribution in [0.25, 0.3) is 38.8 Å². The molecule has 0 unspecified atom stereocenters. The molecule has 0 radical (unpaired) electrons. The molecule has 0 atom stereocenters. The largest absolute Gasteiger partial charge is 0.495 e. The zero-order chi connectivity index (χ0) is 25.1. The second kappa shape index (κ2) is 8.29. The normalized spacial score (nSPS) is 16.8. The molecular formula is C30H30BN3O2. The van der Waals surface area contributed by atoms with Crippen LogP contribution in [0.5, 0.6) is 0 Å². The lowest BCUT2D eigenvalue weighted by atomic mass is 9.75. The van der Waals surface area contributed by atoms with Gasteiger partial charge in [-0.15, -0.1) is 0 Å². The highest BCUT2D eigenvalue weighted by Crippen LogP contribution is 2.38. The lowest BCUT2D eigenvalue weighted by molar-refractivity contribution is 0.00578. The van der Waals surface area contributed by atoms with Crippen molar-refractivity contribution in [3.63, 3.8) is 0 Å². The Morgan fingerprint density at radius 3 is 2.25 bits per heavy atom. The number of benzene rings is 3. The standard InChI is InChI=1S/C30H30BN3O2/c1-6-27-33-24-14-9-10-15-25(24)34(27)26-16-11-19-32-28(26)22-17-18-23(21-13-8-7-12-20(21)22)31-35-29(2,3)30(4,5)36-31/h7-19H,6H2,1-5H3. The number of hydrogen-bond donors (Lipinski definition) is 0. The van der Waals surface area contributed by atoms with Crippen molar-refractivity contribution in [3.05, 3.63) is 84.8 Å². The Bertz CT molecular complexity index is 1590. The third kappa shape index (κ3) is 3.47. The van der Waals surface area contributed by atoms with E-state index >= 15 is 0 Å². The fourth-order valence-electron chi connectivity index (χ4n) is 5.07. The Morgan fingerprint density at radius 1 is 0.806 bits per heavy atom. The smallest absolute Gasteiger partial charge is 0.399 e. The van der Waals surface area contributed by atoms with Gasteiger partial charge in [0, 0.05) is 18.2 Å². The van der Waals surface area contributed by atoms with Gasteiger partial charge in [-0.05, 0) is 68.2 Å². The van der Waals surface area contributed by atoms with E-state index in [1.807, 2.05) is 18.3 Å². The number of hydrogen-bond acceptors (Lipinski definition) is 4. The van der Waals surface area contributed by atoms with Crippen molar-refractivity contribution < 1.29 is 9.31 Å². The van der Waals surface area contributed by atoms with Gasteiger partial charge in [-0.1, -0.05) is 55.5 Å². The highest BCUT2D eigenvalue weighted by Gasteiger charge is 2.52. The van der Waals surface area contributed by atoms with E-state index in [2.05, 4.69) is 99.8 Å². The summed E-state index contributed by atoms with van der Waals surface area (Å²) in [6.07, 6.45) is 2.69. The van der Waals surface area contributed by atoms with Crippen molar-refractivity contribution >= 4 is 34.4 Å². The van der Waals surface area contributed by atoms with Crippen molar-refractivity contribution in [2.75, 3.05) is 0 Å². The maximum Gasteiger partial charge on any atom is 0.495 e. The first kappa shape index (κ1) is 23.0. The monoisotopic (exact) mass is 475 g/mol. The van der Waals surface area contributed by atoms with E-state index in [9.17, 15) is 0 Å². The summed E-state index contributed by atoms with van der Waals surface area (Å²) in [5, 5.41) is 2.23. The van der Waals surface area contributed by atoms with E-state index in [1.165, 1.54) is 0 Å². The Hall–Kier alpha value is -3.48. The second-order valence-corrected chi connectivity index (χ2v) is 10.4. The average molecular weight is 475 g/mol. The Morgan fingerprint density at radius 2 is 1.50 bits per heavy atom. The van der Waals surface area contributed by atoms with Crippen LogP contribution in [0.2, 0.25) is 0 Å². The lowest BCUT2D eigenvalue weighted by Gasteiger charge is -2.32. The predicted molar refractivity (Wildman–Crippen MR) is 147 cm³/mol. The van der Waals surface area contributed by atoms with E-state index in [4.69, 9.17) is 19.3 Å². The molecule has 1 aliphatic rings. The van der Waals surface area contributed by atoms with Gasteiger partial charge >= 0.3 is 7.12 Å². The third-order valence-electron chi connectivity index (χ3n) is 7.69. The minimum atomic E-state index is -0.429.